The maximum atomic E-state index is 12.7. The van der Waals surface area contributed by atoms with E-state index in [-0.39, 0.29) is 24.8 Å². The molecule has 0 bridgehead atoms. The highest BCUT2D eigenvalue weighted by Crippen LogP contribution is 2.33. The first-order chi connectivity index (χ1) is 15.0. The number of thiocarbonyl (C=S) groups is 1. The molecule has 0 radical (unpaired) electrons. The van der Waals surface area contributed by atoms with E-state index in [2.05, 4.69) is 16.4 Å². The molecule has 1 aliphatic rings. The lowest BCUT2D eigenvalue weighted by molar-refractivity contribution is -0.123. The Labute approximate surface area is 194 Å². The van der Waals surface area contributed by atoms with E-state index in [1.54, 1.807) is 12.1 Å². The molecule has 0 spiro atoms. The number of para-hydroxylation sites is 1. The maximum Gasteiger partial charge on any atom is 0.266 e. The number of fused-ring (bicyclic) bond motifs is 1. The second kappa shape index (κ2) is 9.68. The molecule has 2 N–H and O–H groups in total. The number of nitrogens with zero attached hydrogens (tertiary/aromatic N) is 1. The van der Waals surface area contributed by atoms with Gasteiger partial charge in [0.1, 0.15) is 4.32 Å². The number of carbonyl (C=O) groups is 2. The molecule has 4 rings (SSSR count). The predicted molar refractivity (Wildman–Crippen MR) is 131 cm³/mol. The van der Waals surface area contributed by atoms with E-state index in [9.17, 15) is 9.59 Å². The fourth-order valence-electron chi connectivity index (χ4n) is 3.40. The lowest BCUT2D eigenvalue weighted by Crippen LogP contribution is -2.34. The summed E-state index contributed by atoms with van der Waals surface area (Å²) in [6.07, 6.45) is 4.64. The average molecular weight is 470 g/mol. The van der Waals surface area contributed by atoms with Gasteiger partial charge in [0.2, 0.25) is 5.91 Å². The van der Waals surface area contributed by atoms with Gasteiger partial charge in [0.05, 0.1) is 4.91 Å². The summed E-state index contributed by atoms with van der Waals surface area (Å²) < 4.78 is 0.454. The van der Waals surface area contributed by atoms with Crippen LogP contribution in [0.15, 0.2) is 59.6 Å². The van der Waals surface area contributed by atoms with E-state index in [1.165, 1.54) is 22.0 Å². The predicted octanol–water partition coefficient (Wildman–Crippen LogP) is 4.77. The number of carbonyl (C=O) groups excluding carboxylic acids is 2. The summed E-state index contributed by atoms with van der Waals surface area (Å²) in [4.78, 5) is 30.2. The summed E-state index contributed by atoms with van der Waals surface area (Å²) >= 11 is 12.7. The van der Waals surface area contributed by atoms with Gasteiger partial charge < -0.3 is 10.3 Å². The molecular weight excluding hydrogens is 450 g/mol. The van der Waals surface area contributed by atoms with Crippen LogP contribution in [0.25, 0.3) is 17.0 Å². The Hall–Kier alpha value is -2.61. The van der Waals surface area contributed by atoms with Crippen molar-refractivity contribution < 1.29 is 9.59 Å². The number of halogens is 1. The molecule has 0 atom stereocenters. The SMILES string of the molecule is O=C(CCN1C(=O)/C(=C/c2ccccc2Cl)SC1=S)NCCc1c[nH]c2ccccc12. The van der Waals surface area contributed by atoms with Crippen LogP contribution in [0, 0.1) is 0 Å². The first kappa shape index (κ1) is 21.6. The normalized spacial score (nSPS) is 15.3. The first-order valence-electron chi connectivity index (χ1n) is 9.84. The van der Waals surface area contributed by atoms with Crippen LogP contribution in [-0.2, 0) is 16.0 Å². The van der Waals surface area contributed by atoms with Crippen LogP contribution in [-0.4, -0.2) is 39.1 Å². The maximum absolute atomic E-state index is 12.7. The van der Waals surface area contributed by atoms with Gasteiger partial charge in [0, 0.05) is 41.6 Å². The van der Waals surface area contributed by atoms with Crippen molar-refractivity contribution in [3.63, 3.8) is 0 Å². The monoisotopic (exact) mass is 469 g/mol. The van der Waals surface area contributed by atoms with Crippen LogP contribution in [0.2, 0.25) is 5.02 Å². The largest absolute Gasteiger partial charge is 0.361 e. The Morgan fingerprint density at radius 3 is 2.81 bits per heavy atom. The Balaban J connectivity index is 1.28. The third kappa shape index (κ3) is 5.01. The number of hydrogen-bond donors (Lipinski definition) is 2. The third-order valence-electron chi connectivity index (χ3n) is 5.02. The topological polar surface area (TPSA) is 65.2 Å². The molecule has 0 unspecified atom stereocenters. The van der Waals surface area contributed by atoms with Gasteiger partial charge in [-0.15, -0.1) is 0 Å². The molecule has 8 heteroatoms. The van der Waals surface area contributed by atoms with Gasteiger partial charge in [-0.05, 0) is 35.8 Å². The molecule has 31 heavy (non-hydrogen) atoms. The fraction of sp³-hybridized carbons (Fsp3) is 0.174. The minimum absolute atomic E-state index is 0.107. The number of rotatable bonds is 7. The highest BCUT2D eigenvalue weighted by Gasteiger charge is 2.32. The van der Waals surface area contributed by atoms with Crippen molar-refractivity contribution >= 4 is 68.7 Å². The Kier molecular flexibility index (Phi) is 6.75. The van der Waals surface area contributed by atoms with Crippen molar-refractivity contribution in [1.29, 1.82) is 0 Å². The Morgan fingerprint density at radius 1 is 1.19 bits per heavy atom. The van der Waals surface area contributed by atoms with Crippen molar-refractivity contribution in [3.8, 4) is 0 Å². The van der Waals surface area contributed by atoms with E-state index >= 15 is 0 Å². The van der Waals surface area contributed by atoms with Crippen molar-refractivity contribution in [2.45, 2.75) is 12.8 Å². The van der Waals surface area contributed by atoms with Crippen LogP contribution in [0.4, 0.5) is 0 Å². The number of H-pyrrole nitrogens is 1. The van der Waals surface area contributed by atoms with E-state index in [0.29, 0.717) is 20.8 Å². The van der Waals surface area contributed by atoms with E-state index in [1.807, 2.05) is 42.6 Å². The Bertz CT molecular complexity index is 1190. The van der Waals surface area contributed by atoms with Gasteiger partial charge in [-0.3, -0.25) is 14.5 Å². The highest BCUT2D eigenvalue weighted by atomic mass is 35.5. The molecular formula is C23H20ClN3O2S2. The number of aromatic amines is 1. The van der Waals surface area contributed by atoms with Crippen LogP contribution in [0.3, 0.4) is 0 Å². The number of amides is 2. The van der Waals surface area contributed by atoms with Gasteiger partial charge >= 0.3 is 0 Å². The molecule has 1 saturated heterocycles. The van der Waals surface area contributed by atoms with Gasteiger partial charge in [-0.25, -0.2) is 0 Å². The van der Waals surface area contributed by atoms with Crippen LogP contribution < -0.4 is 5.32 Å². The van der Waals surface area contributed by atoms with E-state index < -0.39 is 0 Å². The molecule has 1 aliphatic heterocycles. The summed E-state index contributed by atoms with van der Waals surface area (Å²) in [6, 6.07) is 15.4. The standard InChI is InChI=1S/C23H20ClN3O2S2/c24-18-7-3-1-5-15(18)13-20-22(29)27(23(30)31-20)12-10-21(28)25-11-9-16-14-26-19-8-4-2-6-17(16)19/h1-8,13-14,26H,9-12H2,(H,25,28)/b20-13-. The average Bonchev–Trinajstić information content (AvgIpc) is 3.29. The second-order valence-corrected chi connectivity index (χ2v) is 9.15. The number of aromatic nitrogens is 1. The van der Waals surface area contributed by atoms with Gasteiger partial charge in [0.25, 0.3) is 5.91 Å². The van der Waals surface area contributed by atoms with Crippen molar-refractivity contribution in [1.82, 2.24) is 15.2 Å². The fourth-order valence-corrected chi connectivity index (χ4v) is 4.89. The molecule has 2 amide bonds. The molecule has 0 aliphatic carbocycles. The first-order valence-corrected chi connectivity index (χ1v) is 11.4. The van der Waals surface area contributed by atoms with Crippen LogP contribution >= 0.6 is 35.6 Å². The Morgan fingerprint density at radius 2 is 1.97 bits per heavy atom. The zero-order chi connectivity index (χ0) is 21.8. The molecule has 3 aromatic rings. The van der Waals surface area contributed by atoms with Gasteiger partial charge in [0.15, 0.2) is 0 Å². The summed E-state index contributed by atoms with van der Waals surface area (Å²) in [7, 11) is 0. The summed E-state index contributed by atoms with van der Waals surface area (Å²) in [5, 5.41) is 4.66. The number of nitrogens with one attached hydrogen (secondary N) is 2. The molecule has 5 nitrogen and oxygen atoms in total. The number of thioether (sulfide) groups is 1. The lowest BCUT2D eigenvalue weighted by Gasteiger charge is -2.14. The quantitative estimate of drug-likeness (QED) is 0.386. The van der Waals surface area contributed by atoms with E-state index in [0.717, 1.165) is 23.1 Å². The van der Waals surface area contributed by atoms with Crippen LogP contribution in [0.5, 0.6) is 0 Å². The van der Waals surface area contributed by atoms with Crippen LogP contribution in [0.1, 0.15) is 17.5 Å². The molecule has 1 aromatic heterocycles. The molecule has 0 saturated carbocycles. The molecule has 2 aromatic carbocycles. The summed E-state index contributed by atoms with van der Waals surface area (Å²) in [5.74, 6) is -0.300. The van der Waals surface area contributed by atoms with E-state index in [4.69, 9.17) is 23.8 Å². The molecule has 158 valence electrons. The second-order valence-electron chi connectivity index (χ2n) is 7.06. The van der Waals surface area contributed by atoms with Gasteiger partial charge in [-0.1, -0.05) is 72.0 Å². The zero-order valence-electron chi connectivity index (χ0n) is 16.6. The summed E-state index contributed by atoms with van der Waals surface area (Å²) in [6.45, 7) is 0.787. The number of hydrogen-bond acceptors (Lipinski definition) is 4. The third-order valence-corrected chi connectivity index (χ3v) is 6.74. The number of benzene rings is 2. The molecule has 1 fully saturated rings. The zero-order valence-corrected chi connectivity index (χ0v) is 18.9. The smallest absolute Gasteiger partial charge is 0.266 e. The van der Waals surface area contributed by atoms with Crippen molar-refractivity contribution in [2.75, 3.05) is 13.1 Å². The van der Waals surface area contributed by atoms with Gasteiger partial charge in [-0.2, -0.15) is 0 Å². The highest BCUT2D eigenvalue weighted by molar-refractivity contribution is 8.26. The lowest BCUT2D eigenvalue weighted by atomic mass is 10.1. The minimum atomic E-state index is -0.193. The molecule has 2 heterocycles. The van der Waals surface area contributed by atoms with Crippen molar-refractivity contribution in [2.24, 2.45) is 0 Å². The minimum Gasteiger partial charge on any atom is -0.361 e. The van der Waals surface area contributed by atoms with Crippen molar-refractivity contribution in [3.05, 3.63) is 75.8 Å². The summed E-state index contributed by atoms with van der Waals surface area (Å²) in [5.41, 5.74) is 3.01.